The number of hydrogen-bond acceptors (Lipinski definition) is 2. The maximum absolute atomic E-state index is 6.06. The lowest BCUT2D eigenvalue weighted by Gasteiger charge is -2.09. The Morgan fingerprint density at radius 2 is 0.704 bits per heavy atom. The van der Waals surface area contributed by atoms with E-state index in [1.807, 2.05) is 0 Å². The van der Waals surface area contributed by atoms with Crippen LogP contribution in [0.1, 0.15) is 155 Å². The van der Waals surface area contributed by atoms with Crippen LogP contribution in [0.2, 0.25) is 0 Å². The number of nitrogens with two attached hydrogens (primary N) is 1. The minimum Gasteiger partial charge on any atom is -0.344 e. The zero-order valence-electron chi connectivity index (χ0n) is 19.4. The van der Waals surface area contributed by atoms with Crippen molar-refractivity contribution in [3.8, 4) is 0 Å². The zero-order valence-corrected chi connectivity index (χ0v) is 19.4. The smallest absolute Gasteiger partial charge is 0.00387 e. The van der Waals surface area contributed by atoms with Crippen molar-refractivity contribution in [2.45, 2.75) is 161 Å². The molecule has 27 heavy (non-hydrogen) atoms. The van der Waals surface area contributed by atoms with Gasteiger partial charge in [0.15, 0.2) is 0 Å². The molecular formula is C25H56N2. The van der Waals surface area contributed by atoms with Crippen molar-refractivity contribution < 1.29 is 0 Å². The summed E-state index contributed by atoms with van der Waals surface area (Å²) in [5.41, 5.74) is 6.06. The van der Waals surface area contributed by atoms with Crippen molar-refractivity contribution in [2.24, 2.45) is 5.73 Å². The van der Waals surface area contributed by atoms with Gasteiger partial charge < -0.3 is 11.9 Å². The van der Waals surface area contributed by atoms with Crippen molar-refractivity contribution >= 4 is 0 Å². The molecule has 0 amide bonds. The average Bonchev–Trinajstić information content (AvgIpc) is 2.64. The van der Waals surface area contributed by atoms with Gasteiger partial charge in [0.05, 0.1) is 0 Å². The molecule has 0 saturated heterocycles. The fourth-order valence-electron chi connectivity index (χ4n) is 4.00. The van der Waals surface area contributed by atoms with E-state index in [1.165, 1.54) is 141 Å². The van der Waals surface area contributed by atoms with E-state index < -0.39 is 0 Å². The van der Waals surface area contributed by atoms with Gasteiger partial charge in [-0.25, -0.2) is 0 Å². The molecular weight excluding hydrogens is 328 g/mol. The van der Waals surface area contributed by atoms with Crippen LogP contribution in [-0.4, -0.2) is 6.04 Å². The predicted molar refractivity (Wildman–Crippen MR) is 126 cm³/mol. The first-order chi connectivity index (χ1) is 12.8. The fourth-order valence-corrected chi connectivity index (χ4v) is 4.00. The second kappa shape index (κ2) is 25.9. The normalized spacial score (nSPS) is 12.1. The van der Waals surface area contributed by atoms with Crippen molar-refractivity contribution in [1.29, 1.82) is 0 Å². The molecule has 2 nitrogen and oxygen atoms in total. The number of hydrogen-bond donors (Lipinski definition) is 2. The van der Waals surface area contributed by atoms with E-state index in [0.29, 0.717) is 6.04 Å². The van der Waals surface area contributed by atoms with Crippen LogP contribution in [0.3, 0.4) is 0 Å². The third kappa shape index (κ3) is 25.9. The average molecular weight is 385 g/mol. The van der Waals surface area contributed by atoms with E-state index >= 15 is 0 Å². The molecule has 2 heteroatoms. The molecule has 0 aromatic heterocycles. The highest BCUT2D eigenvalue weighted by Crippen LogP contribution is 2.15. The first kappa shape index (κ1) is 29.1. The van der Waals surface area contributed by atoms with Gasteiger partial charge in [0.1, 0.15) is 0 Å². The van der Waals surface area contributed by atoms with Gasteiger partial charge in [0, 0.05) is 6.04 Å². The van der Waals surface area contributed by atoms with Crippen LogP contribution in [0.4, 0.5) is 0 Å². The SMILES string of the molecule is CCCCCCCCCCCCCCCCCCCCCC(N)CCC.N. The van der Waals surface area contributed by atoms with E-state index in [-0.39, 0.29) is 6.15 Å². The van der Waals surface area contributed by atoms with Crippen LogP contribution in [0.15, 0.2) is 0 Å². The van der Waals surface area contributed by atoms with E-state index in [4.69, 9.17) is 5.73 Å². The van der Waals surface area contributed by atoms with Crippen LogP contribution in [0, 0.1) is 0 Å². The maximum atomic E-state index is 6.06. The number of rotatable bonds is 22. The van der Waals surface area contributed by atoms with Gasteiger partial charge in [0.2, 0.25) is 0 Å². The van der Waals surface area contributed by atoms with Crippen molar-refractivity contribution in [1.82, 2.24) is 6.15 Å². The summed E-state index contributed by atoms with van der Waals surface area (Å²) in [5.74, 6) is 0. The maximum Gasteiger partial charge on any atom is 0.00387 e. The first-order valence-corrected chi connectivity index (χ1v) is 12.6. The van der Waals surface area contributed by atoms with Gasteiger partial charge in [-0.3, -0.25) is 0 Å². The lowest BCUT2D eigenvalue weighted by molar-refractivity contribution is 0.498. The van der Waals surface area contributed by atoms with Crippen LogP contribution < -0.4 is 11.9 Å². The molecule has 0 rings (SSSR count). The van der Waals surface area contributed by atoms with Gasteiger partial charge in [-0.1, -0.05) is 142 Å². The minimum absolute atomic E-state index is 0. The molecule has 0 heterocycles. The summed E-state index contributed by atoms with van der Waals surface area (Å²) >= 11 is 0. The Hall–Kier alpha value is -0.0800. The molecule has 0 bridgehead atoms. The molecule has 0 aliphatic rings. The monoisotopic (exact) mass is 384 g/mol. The van der Waals surface area contributed by atoms with Gasteiger partial charge >= 0.3 is 0 Å². The molecule has 0 saturated carbocycles. The Bertz CT molecular complexity index is 242. The van der Waals surface area contributed by atoms with E-state index in [1.54, 1.807) is 0 Å². The zero-order chi connectivity index (χ0) is 19.1. The van der Waals surface area contributed by atoms with Gasteiger partial charge in [-0.2, -0.15) is 0 Å². The Morgan fingerprint density at radius 3 is 1.00 bits per heavy atom. The van der Waals surface area contributed by atoms with Gasteiger partial charge in [0.25, 0.3) is 0 Å². The molecule has 0 radical (unpaired) electrons. The second-order valence-electron chi connectivity index (χ2n) is 8.70. The predicted octanol–water partition coefficient (Wildman–Crippen LogP) is 9.10. The molecule has 0 aliphatic carbocycles. The highest BCUT2D eigenvalue weighted by Gasteiger charge is 2.00. The summed E-state index contributed by atoms with van der Waals surface area (Å²) in [4.78, 5) is 0. The molecule has 5 N–H and O–H groups in total. The van der Waals surface area contributed by atoms with E-state index in [0.717, 1.165) is 0 Å². The van der Waals surface area contributed by atoms with Gasteiger partial charge in [-0.15, -0.1) is 0 Å². The quantitative estimate of drug-likeness (QED) is 0.183. The summed E-state index contributed by atoms with van der Waals surface area (Å²) in [6.45, 7) is 4.53. The van der Waals surface area contributed by atoms with Crippen molar-refractivity contribution in [3.63, 3.8) is 0 Å². The topological polar surface area (TPSA) is 61.0 Å². The summed E-state index contributed by atoms with van der Waals surface area (Å²) in [7, 11) is 0. The highest BCUT2D eigenvalue weighted by molar-refractivity contribution is 4.60. The molecule has 166 valence electrons. The molecule has 0 aromatic rings. The Morgan fingerprint density at radius 1 is 0.407 bits per heavy atom. The highest BCUT2D eigenvalue weighted by atomic mass is 14.6. The minimum atomic E-state index is 0. The third-order valence-corrected chi connectivity index (χ3v) is 5.84. The number of unbranched alkanes of at least 4 members (excludes halogenated alkanes) is 18. The van der Waals surface area contributed by atoms with Crippen molar-refractivity contribution in [3.05, 3.63) is 0 Å². The summed E-state index contributed by atoms with van der Waals surface area (Å²) < 4.78 is 0. The summed E-state index contributed by atoms with van der Waals surface area (Å²) in [5, 5.41) is 0. The van der Waals surface area contributed by atoms with Crippen molar-refractivity contribution in [2.75, 3.05) is 0 Å². The molecule has 0 aliphatic heterocycles. The fraction of sp³-hybridized carbons (Fsp3) is 1.00. The van der Waals surface area contributed by atoms with Crippen LogP contribution >= 0.6 is 0 Å². The van der Waals surface area contributed by atoms with E-state index in [9.17, 15) is 0 Å². The Labute approximate surface area is 173 Å². The van der Waals surface area contributed by atoms with Gasteiger partial charge in [-0.05, 0) is 12.8 Å². The van der Waals surface area contributed by atoms with Crippen LogP contribution in [-0.2, 0) is 0 Å². The molecule has 0 spiro atoms. The lowest BCUT2D eigenvalue weighted by atomic mass is 10.0. The molecule has 1 unspecified atom stereocenters. The molecule has 1 atom stereocenters. The first-order valence-electron chi connectivity index (χ1n) is 12.6. The Kier molecular flexibility index (Phi) is 28.0. The van der Waals surface area contributed by atoms with Crippen LogP contribution in [0.25, 0.3) is 0 Å². The summed E-state index contributed by atoms with van der Waals surface area (Å²) in [6, 6.07) is 0.464. The standard InChI is InChI=1S/C25H53N.H3N/c1-3-5-6-7-8-9-10-11-12-13-14-15-16-17-18-19-20-21-22-24-25(26)23-4-2;/h25H,3-24,26H2,1-2H3;1H3. The van der Waals surface area contributed by atoms with Crippen LogP contribution in [0.5, 0.6) is 0 Å². The summed E-state index contributed by atoms with van der Waals surface area (Å²) in [6.07, 6.45) is 31.3. The molecule has 0 aromatic carbocycles. The Balaban J connectivity index is 0. The third-order valence-electron chi connectivity index (χ3n) is 5.84. The van der Waals surface area contributed by atoms with E-state index in [2.05, 4.69) is 13.8 Å². The molecule has 0 fully saturated rings. The largest absolute Gasteiger partial charge is 0.344 e. The lowest BCUT2D eigenvalue weighted by Crippen LogP contribution is -2.18. The second-order valence-corrected chi connectivity index (χ2v) is 8.70.